The first kappa shape index (κ1) is 12.3. The van der Waals surface area contributed by atoms with Crippen LogP contribution in [0.15, 0.2) is 18.2 Å². The van der Waals surface area contributed by atoms with Crippen molar-refractivity contribution in [1.82, 2.24) is 0 Å². The van der Waals surface area contributed by atoms with Gasteiger partial charge in [0.1, 0.15) is 6.10 Å². The van der Waals surface area contributed by atoms with Crippen LogP contribution in [0.4, 0.5) is 0 Å². The normalized spacial score (nSPS) is 15.2. The highest BCUT2D eigenvalue weighted by Crippen LogP contribution is 2.32. The van der Waals surface area contributed by atoms with Gasteiger partial charge in [0.05, 0.1) is 6.10 Å². The Morgan fingerprint density at radius 3 is 2.14 bits per heavy atom. The highest BCUT2D eigenvalue weighted by molar-refractivity contribution is 9.09. The van der Waals surface area contributed by atoms with Gasteiger partial charge in [-0.1, -0.05) is 45.2 Å². The SMILES string of the molecule is OC(CBr)C(O)c1c(Cl)cccc1Cl. The smallest absolute Gasteiger partial charge is 0.109 e. The third-order valence-corrected chi connectivity index (χ3v) is 3.14. The second-order valence-corrected chi connectivity index (χ2v) is 4.26. The molecular weight excluding hydrogens is 291 g/mol. The molecule has 2 atom stereocenters. The molecule has 0 spiro atoms. The second-order valence-electron chi connectivity index (χ2n) is 2.80. The van der Waals surface area contributed by atoms with E-state index >= 15 is 0 Å². The molecule has 2 unspecified atom stereocenters. The first-order chi connectivity index (χ1) is 6.57. The summed E-state index contributed by atoms with van der Waals surface area (Å²) in [5, 5.41) is 20.1. The Balaban J connectivity index is 3.05. The molecule has 0 radical (unpaired) electrons. The maximum atomic E-state index is 9.70. The summed E-state index contributed by atoms with van der Waals surface area (Å²) >= 11 is 14.8. The minimum absolute atomic E-state index is 0.260. The van der Waals surface area contributed by atoms with Gasteiger partial charge in [-0.3, -0.25) is 0 Å². The lowest BCUT2D eigenvalue weighted by atomic mass is 10.1. The van der Waals surface area contributed by atoms with Crippen LogP contribution in [-0.4, -0.2) is 21.6 Å². The van der Waals surface area contributed by atoms with Crippen molar-refractivity contribution in [2.45, 2.75) is 12.2 Å². The lowest BCUT2D eigenvalue weighted by Crippen LogP contribution is -2.20. The van der Waals surface area contributed by atoms with Gasteiger partial charge < -0.3 is 10.2 Å². The third kappa shape index (κ3) is 2.61. The predicted octanol–water partition coefficient (Wildman–Crippen LogP) is 2.78. The molecule has 0 heterocycles. The Kier molecular flexibility index (Phi) is 4.67. The van der Waals surface area contributed by atoms with E-state index < -0.39 is 12.2 Å². The summed E-state index contributed by atoms with van der Waals surface area (Å²) in [7, 11) is 0. The van der Waals surface area contributed by atoms with E-state index in [1.54, 1.807) is 18.2 Å². The average molecular weight is 300 g/mol. The van der Waals surface area contributed by atoms with E-state index in [2.05, 4.69) is 15.9 Å². The molecule has 1 aromatic carbocycles. The standard InChI is InChI=1S/C9H9BrCl2O2/c10-4-7(13)9(14)8-5(11)2-1-3-6(8)12/h1-3,7,9,13-14H,4H2. The Morgan fingerprint density at radius 1 is 1.21 bits per heavy atom. The molecule has 0 bridgehead atoms. The van der Waals surface area contributed by atoms with Gasteiger partial charge in [-0.05, 0) is 12.1 Å². The molecule has 14 heavy (non-hydrogen) atoms. The molecule has 1 rings (SSSR count). The summed E-state index contributed by atoms with van der Waals surface area (Å²) < 4.78 is 0. The van der Waals surface area contributed by atoms with Gasteiger partial charge in [-0.25, -0.2) is 0 Å². The third-order valence-electron chi connectivity index (χ3n) is 1.82. The Bertz CT molecular complexity index is 299. The molecule has 2 N–H and O–H groups in total. The fourth-order valence-corrected chi connectivity index (χ4v) is 2.05. The highest BCUT2D eigenvalue weighted by atomic mass is 79.9. The number of rotatable bonds is 3. The van der Waals surface area contributed by atoms with Crippen LogP contribution in [0.5, 0.6) is 0 Å². The minimum atomic E-state index is -1.07. The number of alkyl halides is 1. The van der Waals surface area contributed by atoms with E-state index in [0.29, 0.717) is 15.6 Å². The maximum Gasteiger partial charge on any atom is 0.109 e. The summed E-state index contributed by atoms with van der Waals surface area (Å²) in [6.07, 6.45) is -2.00. The molecule has 0 aliphatic heterocycles. The van der Waals surface area contributed by atoms with E-state index in [1.807, 2.05) is 0 Å². The molecule has 2 nitrogen and oxygen atoms in total. The van der Waals surface area contributed by atoms with Crippen molar-refractivity contribution in [3.63, 3.8) is 0 Å². The van der Waals surface area contributed by atoms with Crippen molar-refractivity contribution in [3.8, 4) is 0 Å². The highest BCUT2D eigenvalue weighted by Gasteiger charge is 2.22. The van der Waals surface area contributed by atoms with Crippen molar-refractivity contribution < 1.29 is 10.2 Å². The van der Waals surface area contributed by atoms with Crippen molar-refractivity contribution in [2.24, 2.45) is 0 Å². The van der Waals surface area contributed by atoms with Gasteiger partial charge in [-0.15, -0.1) is 0 Å². The quantitative estimate of drug-likeness (QED) is 0.843. The second kappa shape index (κ2) is 5.33. The molecule has 0 saturated heterocycles. The Labute approximate surface area is 101 Å². The minimum Gasteiger partial charge on any atom is -0.389 e. The summed E-state index contributed by atoms with van der Waals surface area (Å²) in [5.41, 5.74) is 0.364. The summed E-state index contributed by atoms with van der Waals surface area (Å²) in [4.78, 5) is 0. The van der Waals surface area contributed by atoms with Gasteiger partial charge in [-0.2, -0.15) is 0 Å². The van der Waals surface area contributed by atoms with Crippen LogP contribution < -0.4 is 0 Å². The van der Waals surface area contributed by atoms with Crippen LogP contribution in [-0.2, 0) is 0 Å². The predicted molar refractivity (Wildman–Crippen MR) is 61.2 cm³/mol. The molecule has 0 aliphatic carbocycles. The number of benzene rings is 1. The van der Waals surface area contributed by atoms with Gasteiger partial charge in [0.25, 0.3) is 0 Å². The van der Waals surface area contributed by atoms with Gasteiger partial charge in [0.15, 0.2) is 0 Å². The van der Waals surface area contributed by atoms with Crippen molar-refractivity contribution in [3.05, 3.63) is 33.8 Å². The van der Waals surface area contributed by atoms with Crippen molar-refractivity contribution in [1.29, 1.82) is 0 Å². The van der Waals surface area contributed by atoms with E-state index in [4.69, 9.17) is 23.2 Å². The molecule has 5 heteroatoms. The van der Waals surface area contributed by atoms with E-state index in [9.17, 15) is 10.2 Å². The van der Waals surface area contributed by atoms with Gasteiger partial charge in [0, 0.05) is 20.9 Å². The molecule has 0 aliphatic rings. The zero-order valence-electron chi connectivity index (χ0n) is 7.12. The topological polar surface area (TPSA) is 40.5 Å². The van der Waals surface area contributed by atoms with E-state index in [0.717, 1.165) is 0 Å². The Morgan fingerprint density at radius 2 is 1.71 bits per heavy atom. The lowest BCUT2D eigenvalue weighted by molar-refractivity contribution is 0.0344. The molecule has 78 valence electrons. The maximum absolute atomic E-state index is 9.70. The fourth-order valence-electron chi connectivity index (χ4n) is 1.07. The van der Waals surface area contributed by atoms with Crippen LogP contribution in [0.2, 0.25) is 10.0 Å². The Hall–Kier alpha value is 0.200. The van der Waals surface area contributed by atoms with Crippen LogP contribution in [0.1, 0.15) is 11.7 Å². The van der Waals surface area contributed by atoms with Crippen molar-refractivity contribution >= 4 is 39.1 Å². The summed E-state index contributed by atoms with van der Waals surface area (Å²) in [6.45, 7) is 0. The van der Waals surface area contributed by atoms with Crippen LogP contribution in [0, 0.1) is 0 Å². The molecular formula is C9H9BrCl2O2. The van der Waals surface area contributed by atoms with Crippen LogP contribution >= 0.6 is 39.1 Å². The fraction of sp³-hybridized carbons (Fsp3) is 0.333. The molecule has 0 aromatic heterocycles. The monoisotopic (exact) mass is 298 g/mol. The lowest BCUT2D eigenvalue weighted by Gasteiger charge is -2.18. The van der Waals surface area contributed by atoms with Gasteiger partial charge >= 0.3 is 0 Å². The molecule has 0 fully saturated rings. The average Bonchev–Trinajstić information content (AvgIpc) is 2.16. The number of hydrogen-bond acceptors (Lipinski definition) is 2. The van der Waals surface area contributed by atoms with Crippen LogP contribution in [0.3, 0.4) is 0 Å². The zero-order valence-corrected chi connectivity index (χ0v) is 10.2. The van der Waals surface area contributed by atoms with Crippen LogP contribution in [0.25, 0.3) is 0 Å². The first-order valence-corrected chi connectivity index (χ1v) is 5.81. The molecule has 0 amide bonds. The number of hydrogen-bond donors (Lipinski definition) is 2. The largest absolute Gasteiger partial charge is 0.389 e. The van der Waals surface area contributed by atoms with E-state index in [1.165, 1.54) is 0 Å². The number of halogens is 3. The molecule has 0 saturated carbocycles. The summed E-state index contributed by atoms with van der Waals surface area (Å²) in [5.74, 6) is 0. The first-order valence-electron chi connectivity index (χ1n) is 3.94. The van der Waals surface area contributed by atoms with Gasteiger partial charge in [0.2, 0.25) is 0 Å². The van der Waals surface area contributed by atoms with E-state index in [-0.39, 0.29) is 5.33 Å². The zero-order chi connectivity index (χ0) is 10.7. The molecule has 1 aromatic rings. The van der Waals surface area contributed by atoms with Crippen molar-refractivity contribution in [2.75, 3.05) is 5.33 Å². The number of aliphatic hydroxyl groups is 2. The number of aliphatic hydroxyl groups excluding tert-OH is 2. The summed E-state index contributed by atoms with van der Waals surface area (Å²) in [6, 6.07) is 4.92.